The predicted molar refractivity (Wildman–Crippen MR) is 97.8 cm³/mol. The van der Waals surface area contributed by atoms with E-state index in [1.165, 1.54) is 5.56 Å². The molecule has 5 nitrogen and oxygen atoms in total. The first-order chi connectivity index (χ1) is 12.0. The van der Waals surface area contributed by atoms with E-state index in [-0.39, 0.29) is 6.61 Å². The van der Waals surface area contributed by atoms with Gasteiger partial charge in [-0.15, -0.1) is 0 Å². The molecule has 0 bridgehead atoms. The second kappa shape index (κ2) is 9.44. The van der Waals surface area contributed by atoms with Crippen LogP contribution in [0.3, 0.4) is 0 Å². The van der Waals surface area contributed by atoms with E-state index in [1.54, 1.807) is 7.11 Å². The summed E-state index contributed by atoms with van der Waals surface area (Å²) in [5, 5.41) is 0. The lowest BCUT2D eigenvalue weighted by atomic mass is 10.1. The Hall–Kier alpha value is -2.05. The molecule has 0 aliphatic rings. The van der Waals surface area contributed by atoms with Gasteiger partial charge in [0.2, 0.25) is 0 Å². The van der Waals surface area contributed by atoms with Gasteiger partial charge in [0.15, 0.2) is 0 Å². The summed E-state index contributed by atoms with van der Waals surface area (Å²) >= 11 is 0. The summed E-state index contributed by atoms with van der Waals surface area (Å²) in [4.78, 5) is 0. The van der Waals surface area contributed by atoms with Gasteiger partial charge in [0.25, 0.3) is 10.1 Å². The zero-order valence-electron chi connectivity index (χ0n) is 14.6. The molecule has 0 radical (unpaired) electrons. The fourth-order valence-electron chi connectivity index (χ4n) is 2.32. The van der Waals surface area contributed by atoms with Crippen molar-refractivity contribution in [3.63, 3.8) is 0 Å². The number of hydrogen-bond acceptors (Lipinski definition) is 5. The lowest BCUT2D eigenvalue weighted by Gasteiger charge is -2.08. The minimum atomic E-state index is -3.38. The van der Waals surface area contributed by atoms with E-state index in [0.717, 1.165) is 36.2 Å². The molecule has 6 heteroatoms. The molecule has 0 saturated heterocycles. The van der Waals surface area contributed by atoms with Crippen molar-refractivity contribution in [2.75, 3.05) is 26.6 Å². The second-order valence-corrected chi connectivity index (χ2v) is 7.36. The third-order valence-corrected chi connectivity index (χ3v) is 4.24. The summed E-state index contributed by atoms with van der Waals surface area (Å²) in [6.07, 6.45) is 3.47. The molecule has 0 aromatic heterocycles. The maximum Gasteiger partial charge on any atom is 0.264 e. The second-order valence-electron chi connectivity index (χ2n) is 5.72. The average molecular weight is 364 g/mol. The van der Waals surface area contributed by atoms with Crippen LogP contribution >= 0.6 is 0 Å². The molecule has 0 aliphatic carbocycles. The Balaban J connectivity index is 1.68. The first-order valence-electron chi connectivity index (χ1n) is 8.15. The van der Waals surface area contributed by atoms with Gasteiger partial charge < -0.3 is 9.47 Å². The number of hydrogen-bond donors (Lipinski definition) is 0. The van der Waals surface area contributed by atoms with E-state index in [9.17, 15) is 8.42 Å². The summed E-state index contributed by atoms with van der Waals surface area (Å²) in [5.41, 5.74) is 2.26. The first kappa shape index (κ1) is 19.3. The Morgan fingerprint density at radius 1 is 0.800 bits per heavy atom. The summed E-state index contributed by atoms with van der Waals surface area (Å²) in [7, 11) is -1.72. The van der Waals surface area contributed by atoms with Gasteiger partial charge in [-0.25, -0.2) is 0 Å². The number of methoxy groups -OCH3 is 1. The van der Waals surface area contributed by atoms with Crippen LogP contribution in [0.1, 0.15) is 17.5 Å². The van der Waals surface area contributed by atoms with Crippen LogP contribution in [0, 0.1) is 0 Å². The zero-order chi connectivity index (χ0) is 18.1. The fourth-order valence-corrected chi connectivity index (χ4v) is 2.71. The molecule has 2 aromatic rings. The van der Waals surface area contributed by atoms with E-state index >= 15 is 0 Å². The topological polar surface area (TPSA) is 61.8 Å². The van der Waals surface area contributed by atoms with Gasteiger partial charge in [0.05, 0.1) is 26.6 Å². The van der Waals surface area contributed by atoms with Crippen LogP contribution in [0.15, 0.2) is 48.5 Å². The molecular formula is C19H24O5S. The lowest BCUT2D eigenvalue weighted by molar-refractivity contribution is 0.310. The van der Waals surface area contributed by atoms with Crippen molar-refractivity contribution in [1.82, 2.24) is 0 Å². The molecule has 25 heavy (non-hydrogen) atoms. The smallest absolute Gasteiger partial charge is 0.264 e. The van der Waals surface area contributed by atoms with Gasteiger partial charge in [-0.1, -0.05) is 24.3 Å². The first-order valence-corrected chi connectivity index (χ1v) is 9.97. The Kier molecular flexibility index (Phi) is 7.28. The van der Waals surface area contributed by atoms with Crippen molar-refractivity contribution >= 4 is 10.1 Å². The molecule has 0 unspecified atom stereocenters. The molecule has 2 aromatic carbocycles. The monoisotopic (exact) mass is 364 g/mol. The quantitative estimate of drug-likeness (QED) is 0.478. The maximum atomic E-state index is 10.9. The van der Waals surface area contributed by atoms with Gasteiger partial charge >= 0.3 is 0 Å². The van der Waals surface area contributed by atoms with E-state index in [0.29, 0.717) is 13.0 Å². The number of rotatable bonds is 10. The highest BCUT2D eigenvalue weighted by Gasteiger charge is 2.02. The summed E-state index contributed by atoms with van der Waals surface area (Å²) in [6.45, 7) is 0.795. The van der Waals surface area contributed by atoms with E-state index < -0.39 is 10.1 Å². The predicted octanol–water partition coefficient (Wildman–Crippen LogP) is 3.23. The Labute approximate surface area is 149 Å². The van der Waals surface area contributed by atoms with Crippen LogP contribution in [-0.4, -0.2) is 35.0 Å². The van der Waals surface area contributed by atoms with Crippen molar-refractivity contribution in [1.29, 1.82) is 0 Å². The molecule has 0 N–H and O–H groups in total. The molecule has 0 spiro atoms. The summed E-state index contributed by atoms with van der Waals surface area (Å²) in [6, 6.07) is 15.7. The standard InChI is InChI=1S/C19H24O5S/c1-22-18-9-5-16(6-10-18)4-3-14-23-19-11-7-17(8-12-19)13-15-24-25(2,20)21/h5-12H,3-4,13-15H2,1-2H3. The third-order valence-electron chi connectivity index (χ3n) is 3.65. The largest absolute Gasteiger partial charge is 0.497 e. The summed E-state index contributed by atoms with van der Waals surface area (Å²) < 4.78 is 37.4. The molecule has 0 aliphatic heterocycles. The van der Waals surface area contributed by atoms with Crippen LogP contribution in [0.5, 0.6) is 11.5 Å². The van der Waals surface area contributed by atoms with Gasteiger partial charge in [-0.05, 0) is 54.7 Å². The SMILES string of the molecule is COc1ccc(CCCOc2ccc(CCOS(C)(=O)=O)cc2)cc1. The number of benzene rings is 2. The molecule has 0 heterocycles. The van der Waals surface area contributed by atoms with Crippen LogP contribution in [-0.2, 0) is 27.1 Å². The highest BCUT2D eigenvalue weighted by molar-refractivity contribution is 7.85. The van der Waals surface area contributed by atoms with E-state index in [2.05, 4.69) is 12.1 Å². The Bertz CT molecular complexity index is 736. The van der Waals surface area contributed by atoms with Crippen LogP contribution in [0.4, 0.5) is 0 Å². The molecular weight excluding hydrogens is 340 g/mol. The number of aryl methyl sites for hydroxylation is 1. The van der Waals surface area contributed by atoms with Crippen LogP contribution < -0.4 is 9.47 Å². The van der Waals surface area contributed by atoms with Crippen molar-refractivity contribution in [2.45, 2.75) is 19.3 Å². The molecule has 136 valence electrons. The minimum Gasteiger partial charge on any atom is -0.497 e. The molecule has 0 amide bonds. The van der Waals surface area contributed by atoms with Gasteiger partial charge in [0, 0.05) is 0 Å². The van der Waals surface area contributed by atoms with E-state index in [1.807, 2.05) is 36.4 Å². The number of ether oxygens (including phenoxy) is 2. The Morgan fingerprint density at radius 2 is 1.36 bits per heavy atom. The van der Waals surface area contributed by atoms with Crippen LogP contribution in [0.25, 0.3) is 0 Å². The maximum absolute atomic E-state index is 10.9. The average Bonchev–Trinajstić information content (AvgIpc) is 2.59. The van der Waals surface area contributed by atoms with Gasteiger partial charge in [-0.2, -0.15) is 8.42 Å². The normalized spacial score (nSPS) is 11.3. The third kappa shape index (κ3) is 7.58. The molecule has 2 rings (SSSR count). The highest BCUT2D eigenvalue weighted by Crippen LogP contribution is 2.15. The van der Waals surface area contributed by atoms with Gasteiger partial charge in [-0.3, -0.25) is 4.18 Å². The van der Waals surface area contributed by atoms with Crippen molar-refractivity contribution < 1.29 is 22.1 Å². The summed E-state index contributed by atoms with van der Waals surface area (Å²) in [5.74, 6) is 1.67. The van der Waals surface area contributed by atoms with Gasteiger partial charge in [0.1, 0.15) is 11.5 Å². The fraction of sp³-hybridized carbons (Fsp3) is 0.368. The van der Waals surface area contributed by atoms with Crippen molar-refractivity contribution in [3.05, 3.63) is 59.7 Å². The van der Waals surface area contributed by atoms with Crippen molar-refractivity contribution in [3.8, 4) is 11.5 Å². The minimum absolute atomic E-state index is 0.154. The molecule has 0 atom stereocenters. The van der Waals surface area contributed by atoms with Crippen molar-refractivity contribution in [2.24, 2.45) is 0 Å². The zero-order valence-corrected chi connectivity index (χ0v) is 15.4. The van der Waals surface area contributed by atoms with Crippen LogP contribution in [0.2, 0.25) is 0 Å². The lowest BCUT2D eigenvalue weighted by Crippen LogP contribution is -2.06. The Morgan fingerprint density at radius 3 is 1.92 bits per heavy atom. The molecule has 0 fully saturated rings. The highest BCUT2D eigenvalue weighted by atomic mass is 32.2. The van der Waals surface area contributed by atoms with E-state index in [4.69, 9.17) is 13.7 Å². The molecule has 0 saturated carbocycles.